The van der Waals surface area contributed by atoms with Crippen LogP contribution in [0.25, 0.3) is 0 Å². The molecular weight excluding hydrogens is 168 g/mol. The van der Waals surface area contributed by atoms with Gasteiger partial charge >= 0.3 is 12.1 Å². The molecule has 0 aliphatic heterocycles. The topological polar surface area (TPSA) is 67.8 Å². The third-order valence-corrected chi connectivity index (χ3v) is 0.723. The number of ether oxygens (including phenoxy) is 1. The Hall–Kier alpha value is -1.26. The lowest BCUT2D eigenvalue weighted by atomic mass is 10.8. The van der Waals surface area contributed by atoms with Crippen molar-refractivity contribution in [1.82, 2.24) is 5.32 Å². The van der Waals surface area contributed by atoms with Crippen LogP contribution < -0.4 is 5.32 Å². The van der Waals surface area contributed by atoms with E-state index in [1.54, 1.807) is 17.4 Å². The van der Waals surface area contributed by atoms with Gasteiger partial charge in [0.05, 0.1) is 11.8 Å². The van der Waals surface area contributed by atoms with Gasteiger partial charge in [0.1, 0.15) is 0 Å². The quantitative estimate of drug-likeness (QED) is 0.474. The van der Waals surface area contributed by atoms with Crippen LogP contribution in [-0.4, -0.2) is 23.9 Å². The van der Waals surface area contributed by atoms with Gasteiger partial charge in [0.2, 0.25) is 0 Å². The number of amides is 3. The summed E-state index contributed by atoms with van der Waals surface area (Å²) in [5.41, 5.74) is 0. The Bertz CT molecular complexity index is 210. The molecule has 0 aliphatic carbocycles. The Morgan fingerprint density at radius 3 is 2.82 bits per heavy atom. The normalized spacial score (nSPS) is 7.73. The molecule has 5 nitrogen and oxygen atoms in total. The van der Waals surface area contributed by atoms with Crippen LogP contribution in [0, 0.1) is 0 Å². The van der Waals surface area contributed by atoms with Crippen LogP contribution in [-0.2, 0) is 4.74 Å². The van der Waals surface area contributed by atoms with Gasteiger partial charge < -0.3 is 4.74 Å². The van der Waals surface area contributed by atoms with Crippen molar-refractivity contribution in [3.8, 4) is 0 Å². The van der Waals surface area contributed by atoms with E-state index < -0.39 is 12.1 Å². The minimum absolute atomic E-state index is 0.195. The summed E-state index contributed by atoms with van der Waals surface area (Å²) in [5.74, 6) is 0. The lowest BCUT2D eigenvalue weighted by Crippen LogP contribution is -2.28. The first-order valence-corrected chi connectivity index (χ1v) is 3.17. The molecule has 11 heavy (non-hydrogen) atoms. The van der Waals surface area contributed by atoms with Gasteiger partial charge in [-0.2, -0.15) is 0 Å². The van der Waals surface area contributed by atoms with Crippen molar-refractivity contribution in [3.63, 3.8) is 0 Å². The second kappa shape index (κ2) is 5.52. The fourth-order valence-electron chi connectivity index (χ4n) is 0.324. The minimum Gasteiger partial charge on any atom is -0.450 e. The molecule has 0 radical (unpaired) electrons. The number of rotatable bonds is 1. The van der Waals surface area contributed by atoms with Gasteiger partial charge in [-0.25, -0.2) is 14.9 Å². The molecule has 0 unspecified atom stereocenters. The summed E-state index contributed by atoms with van der Waals surface area (Å²) < 4.78 is 4.37. The van der Waals surface area contributed by atoms with Gasteiger partial charge in [-0.3, -0.25) is 0 Å². The number of hydrogen-bond acceptors (Lipinski definition) is 4. The van der Waals surface area contributed by atoms with E-state index in [1.807, 2.05) is 0 Å². The fourth-order valence-corrected chi connectivity index (χ4v) is 0.407. The van der Waals surface area contributed by atoms with Crippen LogP contribution in [0.5, 0.6) is 0 Å². The molecule has 0 fully saturated rings. The zero-order valence-corrected chi connectivity index (χ0v) is 6.60. The Kier molecular flexibility index (Phi) is 4.89. The Morgan fingerprint density at radius 1 is 1.73 bits per heavy atom. The number of thiocarbonyl (C=S) groups is 1. The van der Waals surface area contributed by atoms with E-state index in [2.05, 4.69) is 21.9 Å². The highest BCUT2D eigenvalue weighted by Crippen LogP contribution is 1.78. The van der Waals surface area contributed by atoms with Crippen molar-refractivity contribution >= 4 is 29.5 Å². The van der Waals surface area contributed by atoms with Crippen LogP contribution in [0.3, 0.4) is 0 Å². The number of nitrogens with zero attached hydrogens (tertiary/aromatic N) is 1. The molecule has 0 heterocycles. The molecule has 0 spiro atoms. The lowest BCUT2D eigenvalue weighted by Gasteiger charge is -1.98. The van der Waals surface area contributed by atoms with Crippen molar-refractivity contribution < 1.29 is 14.3 Å². The second-order valence-electron chi connectivity index (χ2n) is 1.35. The van der Waals surface area contributed by atoms with Crippen molar-refractivity contribution in [2.75, 3.05) is 6.61 Å². The summed E-state index contributed by atoms with van der Waals surface area (Å²) in [6.45, 7) is 1.81. The molecule has 0 aliphatic rings. The number of nitrogens with one attached hydrogen (secondary N) is 1. The van der Waals surface area contributed by atoms with E-state index in [0.717, 1.165) is 0 Å². The Balaban J connectivity index is 3.75. The molecule has 0 aromatic carbocycles. The number of carbonyl (C=O) groups excluding carboxylic acids is 2. The molecule has 6 heteroatoms. The van der Waals surface area contributed by atoms with E-state index in [-0.39, 0.29) is 6.61 Å². The van der Waals surface area contributed by atoms with Gasteiger partial charge in [-0.05, 0) is 19.1 Å². The van der Waals surface area contributed by atoms with Gasteiger partial charge in [0.25, 0.3) is 0 Å². The number of isothiocyanates is 1. The zero-order chi connectivity index (χ0) is 8.69. The molecule has 0 rings (SSSR count). The number of aliphatic imine (C=N–C) groups is 1. The van der Waals surface area contributed by atoms with Crippen molar-refractivity contribution in [3.05, 3.63) is 0 Å². The first kappa shape index (κ1) is 9.74. The maximum Gasteiger partial charge on any atom is 0.415 e. The number of urea groups is 1. The average Bonchev–Trinajstić information content (AvgIpc) is 1.87. The number of hydrogen-bond donors (Lipinski definition) is 1. The highest BCUT2D eigenvalue weighted by Gasteiger charge is 2.04. The third kappa shape index (κ3) is 5.20. The molecule has 0 saturated carbocycles. The summed E-state index contributed by atoms with van der Waals surface area (Å²) in [7, 11) is 0. The summed E-state index contributed by atoms with van der Waals surface area (Å²) in [5, 5.41) is 3.59. The van der Waals surface area contributed by atoms with Crippen LogP contribution in [0.4, 0.5) is 9.59 Å². The number of carbonyl (C=O) groups is 2. The molecule has 60 valence electrons. The van der Waals surface area contributed by atoms with E-state index in [1.165, 1.54) is 0 Å². The largest absolute Gasteiger partial charge is 0.450 e. The standard InChI is InChI=1S/C5H6N2O3S/c1-2-10-5(9)7-4(8)6-3-11/h2H2,1H3,(H,7,8,9). The number of alkyl carbamates (subject to hydrolysis) is 1. The molecule has 0 atom stereocenters. The maximum atomic E-state index is 10.5. The van der Waals surface area contributed by atoms with Crippen LogP contribution in [0.1, 0.15) is 6.92 Å². The average molecular weight is 174 g/mol. The van der Waals surface area contributed by atoms with E-state index in [4.69, 9.17) is 0 Å². The van der Waals surface area contributed by atoms with Gasteiger partial charge in [-0.15, -0.1) is 4.99 Å². The van der Waals surface area contributed by atoms with E-state index in [9.17, 15) is 9.59 Å². The lowest BCUT2D eigenvalue weighted by molar-refractivity contribution is 0.153. The molecule has 0 saturated heterocycles. The summed E-state index contributed by atoms with van der Waals surface area (Å²) >= 11 is 4.12. The van der Waals surface area contributed by atoms with E-state index >= 15 is 0 Å². The summed E-state index contributed by atoms with van der Waals surface area (Å²) in [6, 6.07) is -0.876. The second-order valence-corrected chi connectivity index (χ2v) is 1.54. The minimum atomic E-state index is -0.876. The molecule has 0 bridgehead atoms. The Morgan fingerprint density at radius 2 is 2.36 bits per heavy atom. The predicted octanol–water partition coefficient (Wildman–Crippen LogP) is 0.955. The first-order valence-electron chi connectivity index (χ1n) is 2.76. The van der Waals surface area contributed by atoms with Gasteiger partial charge in [0, 0.05) is 0 Å². The molecule has 3 amide bonds. The van der Waals surface area contributed by atoms with Gasteiger partial charge in [0.15, 0.2) is 0 Å². The van der Waals surface area contributed by atoms with Crippen LogP contribution >= 0.6 is 12.2 Å². The monoisotopic (exact) mass is 174 g/mol. The molecule has 0 aromatic heterocycles. The molecule has 0 aromatic rings. The van der Waals surface area contributed by atoms with E-state index in [0.29, 0.717) is 0 Å². The summed E-state index contributed by atoms with van der Waals surface area (Å²) in [4.78, 5) is 23.8. The maximum absolute atomic E-state index is 10.5. The van der Waals surface area contributed by atoms with Crippen LogP contribution in [0.2, 0.25) is 0 Å². The zero-order valence-electron chi connectivity index (χ0n) is 5.79. The van der Waals surface area contributed by atoms with Crippen molar-refractivity contribution in [1.29, 1.82) is 0 Å². The van der Waals surface area contributed by atoms with Crippen molar-refractivity contribution in [2.24, 2.45) is 4.99 Å². The number of imide groups is 1. The highest BCUT2D eigenvalue weighted by atomic mass is 32.1. The summed E-state index contributed by atoms with van der Waals surface area (Å²) in [6.07, 6.45) is -0.841. The SMILES string of the molecule is CCOC(=O)NC(=O)N=C=S. The van der Waals surface area contributed by atoms with Crippen LogP contribution in [0.15, 0.2) is 4.99 Å². The van der Waals surface area contributed by atoms with Crippen molar-refractivity contribution in [2.45, 2.75) is 6.92 Å². The first-order chi connectivity index (χ1) is 5.20. The fraction of sp³-hybridized carbons (Fsp3) is 0.400. The smallest absolute Gasteiger partial charge is 0.415 e. The Labute approximate surface area is 68.4 Å². The molecule has 1 N–H and O–H groups in total. The third-order valence-electron chi connectivity index (χ3n) is 0.632. The molecular formula is C5H6N2O3S. The van der Waals surface area contributed by atoms with Gasteiger partial charge in [-0.1, -0.05) is 0 Å². The highest BCUT2D eigenvalue weighted by molar-refractivity contribution is 7.78. The predicted molar refractivity (Wildman–Crippen MR) is 40.6 cm³/mol.